The number of phenols is 1. The maximum absolute atomic E-state index is 12.0. The van der Waals surface area contributed by atoms with E-state index in [-0.39, 0.29) is 34.8 Å². The van der Waals surface area contributed by atoms with Crippen molar-refractivity contribution in [2.24, 2.45) is 0 Å². The van der Waals surface area contributed by atoms with Gasteiger partial charge in [-0.15, -0.1) is 0 Å². The predicted molar refractivity (Wildman–Crippen MR) is 85.0 cm³/mol. The molecule has 1 aromatic heterocycles. The minimum Gasteiger partial charge on any atom is -0.507 e. The highest BCUT2D eigenvalue weighted by atomic mass is 16.6. The highest BCUT2D eigenvalue weighted by Crippen LogP contribution is 2.38. The monoisotopic (exact) mass is 318 g/mol. The standard InChI is InChI=1S/C17H18O6/c1-3-4-5-6-10-21-15-14-12(19)8-7-9-13(14)23-17(20)16(15)22-11(2)18/h4-5,7-9,19H,3,6,10H2,1-2H3/b5-4+. The number of carbonyl (C=O) groups excluding carboxylic acids is 1. The summed E-state index contributed by atoms with van der Waals surface area (Å²) in [6.07, 6.45) is 5.46. The van der Waals surface area contributed by atoms with Crippen LogP contribution in [0.1, 0.15) is 26.7 Å². The molecule has 0 atom stereocenters. The summed E-state index contributed by atoms with van der Waals surface area (Å²) in [6.45, 7) is 3.45. The Kier molecular flexibility index (Phi) is 5.41. The predicted octanol–water partition coefficient (Wildman–Crippen LogP) is 3.16. The molecule has 1 heterocycles. The molecule has 0 bridgehead atoms. The molecule has 0 spiro atoms. The fraction of sp³-hybridized carbons (Fsp3) is 0.294. The molecule has 0 fully saturated rings. The second kappa shape index (κ2) is 7.49. The number of fused-ring (bicyclic) bond motifs is 1. The number of esters is 1. The van der Waals surface area contributed by atoms with Gasteiger partial charge in [0.05, 0.1) is 6.61 Å². The lowest BCUT2D eigenvalue weighted by atomic mass is 10.2. The molecule has 2 aromatic rings. The van der Waals surface area contributed by atoms with Crippen molar-refractivity contribution in [2.45, 2.75) is 26.7 Å². The summed E-state index contributed by atoms with van der Waals surface area (Å²) in [5, 5.41) is 10.2. The zero-order chi connectivity index (χ0) is 16.8. The molecule has 2 rings (SSSR count). The molecule has 0 radical (unpaired) electrons. The third-order valence-electron chi connectivity index (χ3n) is 3.00. The largest absolute Gasteiger partial charge is 0.507 e. The van der Waals surface area contributed by atoms with Crippen molar-refractivity contribution < 1.29 is 23.8 Å². The minimum absolute atomic E-state index is 0.00875. The van der Waals surface area contributed by atoms with Gasteiger partial charge in [0, 0.05) is 6.92 Å². The molecular formula is C17H18O6. The van der Waals surface area contributed by atoms with E-state index in [1.807, 2.05) is 19.1 Å². The lowest BCUT2D eigenvalue weighted by Crippen LogP contribution is -2.13. The lowest BCUT2D eigenvalue weighted by Gasteiger charge is -2.12. The summed E-state index contributed by atoms with van der Waals surface area (Å²) < 4.78 is 15.6. The number of ether oxygens (including phenoxy) is 2. The third-order valence-corrected chi connectivity index (χ3v) is 3.00. The van der Waals surface area contributed by atoms with Crippen molar-refractivity contribution >= 4 is 16.9 Å². The van der Waals surface area contributed by atoms with E-state index in [4.69, 9.17) is 13.9 Å². The van der Waals surface area contributed by atoms with Crippen molar-refractivity contribution in [1.82, 2.24) is 0 Å². The molecule has 0 aliphatic carbocycles. The Balaban J connectivity index is 2.49. The summed E-state index contributed by atoms with van der Waals surface area (Å²) in [5.74, 6) is -1.15. The van der Waals surface area contributed by atoms with Gasteiger partial charge in [-0.2, -0.15) is 0 Å². The van der Waals surface area contributed by atoms with E-state index in [2.05, 4.69) is 0 Å². The van der Waals surface area contributed by atoms with Crippen LogP contribution in [0.2, 0.25) is 0 Å². The Morgan fingerprint density at radius 1 is 1.30 bits per heavy atom. The zero-order valence-electron chi connectivity index (χ0n) is 13.0. The first-order valence-electron chi connectivity index (χ1n) is 7.29. The average molecular weight is 318 g/mol. The van der Waals surface area contributed by atoms with Crippen LogP contribution in [0.5, 0.6) is 17.2 Å². The van der Waals surface area contributed by atoms with Crippen LogP contribution in [0.3, 0.4) is 0 Å². The van der Waals surface area contributed by atoms with E-state index in [9.17, 15) is 14.7 Å². The molecule has 23 heavy (non-hydrogen) atoms. The van der Waals surface area contributed by atoms with Crippen LogP contribution in [0.4, 0.5) is 0 Å². The molecule has 0 aliphatic rings. The summed E-state index contributed by atoms with van der Waals surface area (Å²) >= 11 is 0. The van der Waals surface area contributed by atoms with Crippen LogP contribution in [0, 0.1) is 0 Å². The minimum atomic E-state index is -0.836. The highest BCUT2D eigenvalue weighted by molar-refractivity contribution is 5.91. The summed E-state index contributed by atoms with van der Waals surface area (Å²) in [7, 11) is 0. The Hall–Kier alpha value is -2.76. The van der Waals surface area contributed by atoms with E-state index in [1.165, 1.54) is 19.1 Å². The number of carbonyl (C=O) groups is 1. The van der Waals surface area contributed by atoms with Gasteiger partial charge >= 0.3 is 11.6 Å². The number of aromatic hydroxyl groups is 1. The van der Waals surface area contributed by atoms with Crippen molar-refractivity contribution in [1.29, 1.82) is 0 Å². The van der Waals surface area contributed by atoms with Gasteiger partial charge in [-0.25, -0.2) is 4.79 Å². The molecular weight excluding hydrogens is 300 g/mol. The van der Waals surface area contributed by atoms with Gasteiger partial charge in [0.2, 0.25) is 0 Å². The fourth-order valence-corrected chi connectivity index (χ4v) is 2.07. The molecule has 1 N–H and O–H groups in total. The van der Waals surface area contributed by atoms with Crippen molar-refractivity contribution in [2.75, 3.05) is 6.61 Å². The van der Waals surface area contributed by atoms with E-state index < -0.39 is 11.6 Å². The van der Waals surface area contributed by atoms with E-state index in [1.54, 1.807) is 6.07 Å². The zero-order valence-corrected chi connectivity index (χ0v) is 13.0. The average Bonchev–Trinajstić information content (AvgIpc) is 2.49. The normalized spacial score (nSPS) is 11.0. The maximum Gasteiger partial charge on any atom is 0.383 e. The Morgan fingerprint density at radius 3 is 2.78 bits per heavy atom. The van der Waals surface area contributed by atoms with Crippen LogP contribution in [0.15, 0.2) is 39.6 Å². The number of hydrogen-bond donors (Lipinski definition) is 1. The van der Waals surface area contributed by atoms with Gasteiger partial charge < -0.3 is 19.0 Å². The Labute approximate surface area is 132 Å². The van der Waals surface area contributed by atoms with Crippen LogP contribution in [-0.4, -0.2) is 17.7 Å². The van der Waals surface area contributed by atoms with Crippen molar-refractivity contribution in [3.8, 4) is 17.2 Å². The second-order valence-electron chi connectivity index (χ2n) is 4.81. The van der Waals surface area contributed by atoms with Crippen molar-refractivity contribution in [3.63, 3.8) is 0 Å². The summed E-state index contributed by atoms with van der Waals surface area (Å²) in [5.41, 5.74) is -0.678. The molecule has 0 saturated carbocycles. The SMILES string of the molecule is CC/C=C/CCOc1c(OC(C)=O)c(=O)oc2cccc(O)c12. The first kappa shape index (κ1) is 16.6. The molecule has 1 aromatic carbocycles. The lowest BCUT2D eigenvalue weighted by molar-refractivity contribution is -0.132. The van der Waals surface area contributed by atoms with Gasteiger partial charge in [-0.3, -0.25) is 4.79 Å². The third kappa shape index (κ3) is 3.91. The van der Waals surface area contributed by atoms with Gasteiger partial charge in [0.1, 0.15) is 16.7 Å². The van der Waals surface area contributed by atoms with Crippen LogP contribution < -0.4 is 15.1 Å². The fourth-order valence-electron chi connectivity index (χ4n) is 2.07. The number of hydrogen-bond acceptors (Lipinski definition) is 6. The van der Waals surface area contributed by atoms with E-state index in [0.29, 0.717) is 6.42 Å². The Morgan fingerprint density at radius 2 is 2.09 bits per heavy atom. The van der Waals surface area contributed by atoms with Gasteiger partial charge in [-0.1, -0.05) is 25.1 Å². The quantitative estimate of drug-likeness (QED) is 0.381. The number of rotatable bonds is 6. The molecule has 0 aliphatic heterocycles. The smallest absolute Gasteiger partial charge is 0.383 e. The van der Waals surface area contributed by atoms with Gasteiger partial charge in [-0.05, 0) is 25.0 Å². The molecule has 0 unspecified atom stereocenters. The van der Waals surface area contributed by atoms with Crippen molar-refractivity contribution in [3.05, 3.63) is 40.8 Å². The highest BCUT2D eigenvalue weighted by Gasteiger charge is 2.21. The maximum atomic E-state index is 12.0. The van der Waals surface area contributed by atoms with Gasteiger partial charge in [0.15, 0.2) is 5.75 Å². The van der Waals surface area contributed by atoms with E-state index in [0.717, 1.165) is 6.42 Å². The molecule has 122 valence electrons. The topological polar surface area (TPSA) is 86.0 Å². The van der Waals surface area contributed by atoms with Crippen LogP contribution in [0.25, 0.3) is 11.0 Å². The summed E-state index contributed by atoms with van der Waals surface area (Å²) in [4.78, 5) is 23.2. The number of benzene rings is 1. The Bertz CT molecular complexity index is 788. The van der Waals surface area contributed by atoms with E-state index >= 15 is 0 Å². The van der Waals surface area contributed by atoms with Crippen LogP contribution in [-0.2, 0) is 4.79 Å². The van der Waals surface area contributed by atoms with Gasteiger partial charge in [0.25, 0.3) is 5.75 Å². The second-order valence-corrected chi connectivity index (χ2v) is 4.81. The first-order chi connectivity index (χ1) is 11.0. The number of phenolic OH excluding ortho intramolecular Hbond substituents is 1. The molecule has 6 heteroatoms. The molecule has 6 nitrogen and oxygen atoms in total. The first-order valence-corrected chi connectivity index (χ1v) is 7.29. The number of allylic oxidation sites excluding steroid dienone is 1. The summed E-state index contributed by atoms with van der Waals surface area (Å²) in [6, 6.07) is 4.50. The van der Waals surface area contributed by atoms with Crippen LogP contribution >= 0.6 is 0 Å². The molecule has 0 amide bonds. The molecule has 0 saturated heterocycles.